The fourth-order valence-electron chi connectivity index (χ4n) is 5.80. The molecule has 3 aromatic carbocycles. The van der Waals surface area contributed by atoms with Crippen LogP contribution >= 0.6 is 0 Å². The number of hydrogen-bond donors (Lipinski definition) is 3. The van der Waals surface area contributed by atoms with Crippen molar-refractivity contribution in [2.24, 2.45) is 0 Å². The third kappa shape index (κ3) is 7.95. The number of alkyl halides is 5. The van der Waals surface area contributed by atoms with Crippen LogP contribution in [0, 0.1) is 11.6 Å². The Balaban J connectivity index is 2.17. The standard InChI is InChI=1S/C33H37F7O4/c1-2-3-4-5-6-7-8-9-15-31(30(43)44,16-10-17-32(36,37)33(38,39)40)28-24-14-12-23(41)18-21(24)11-13-25(28)22-19-26(34)29(42)27(35)20-22/h11-14,18-20,41-42H,2-10,15-17H2,1H3,(H,43,44). The first-order valence-electron chi connectivity index (χ1n) is 14.8. The van der Waals surface area contributed by atoms with Gasteiger partial charge >= 0.3 is 18.1 Å². The molecule has 0 aliphatic carbocycles. The first-order valence-corrected chi connectivity index (χ1v) is 14.8. The average molecular weight is 631 g/mol. The van der Waals surface area contributed by atoms with Gasteiger partial charge in [0.25, 0.3) is 0 Å². The molecule has 0 aromatic heterocycles. The molecule has 0 heterocycles. The highest BCUT2D eigenvalue weighted by Crippen LogP contribution is 2.48. The smallest absolute Gasteiger partial charge is 0.453 e. The number of phenols is 2. The molecule has 0 aliphatic heterocycles. The van der Waals surface area contributed by atoms with Crippen molar-refractivity contribution in [3.63, 3.8) is 0 Å². The summed E-state index contributed by atoms with van der Waals surface area (Å²) in [4.78, 5) is 13.2. The zero-order valence-electron chi connectivity index (χ0n) is 24.4. The summed E-state index contributed by atoms with van der Waals surface area (Å²) >= 11 is 0. The summed E-state index contributed by atoms with van der Waals surface area (Å²) in [6, 6.07) is 8.38. The Kier molecular flexibility index (Phi) is 11.5. The number of halogens is 7. The van der Waals surface area contributed by atoms with Crippen molar-refractivity contribution in [2.45, 2.75) is 101 Å². The van der Waals surface area contributed by atoms with Crippen molar-refractivity contribution in [1.82, 2.24) is 0 Å². The Morgan fingerprint density at radius 2 is 1.30 bits per heavy atom. The second-order valence-electron chi connectivity index (χ2n) is 11.3. The minimum Gasteiger partial charge on any atom is -0.508 e. The Labute approximate surface area is 251 Å². The highest BCUT2D eigenvalue weighted by molar-refractivity contribution is 5.99. The van der Waals surface area contributed by atoms with Crippen LogP contribution in [-0.4, -0.2) is 33.4 Å². The van der Waals surface area contributed by atoms with Crippen LogP contribution in [-0.2, 0) is 10.2 Å². The number of fused-ring (bicyclic) bond motifs is 1. The first-order chi connectivity index (χ1) is 20.6. The third-order valence-corrected chi connectivity index (χ3v) is 8.19. The predicted molar refractivity (Wildman–Crippen MR) is 154 cm³/mol. The normalized spacial score (nSPS) is 13.7. The van der Waals surface area contributed by atoms with Crippen LogP contribution in [0.2, 0.25) is 0 Å². The van der Waals surface area contributed by atoms with E-state index in [0.717, 1.165) is 50.7 Å². The quantitative estimate of drug-likeness (QED) is 0.109. The molecule has 3 rings (SSSR count). The van der Waals surface area contributed by atoms with Crippen LogP contribution in [0.15, 0.2) is 42.5 Å². The van der Waals surface area contributed by atoms with Crippen LogP contribution in [0.5, 0.6) is 11.5 Å². The molecule has 44 heavy (non-hydrogen) atoms. The summed E-state index contributed by atoms with van der Waals surface area (Å²) < 4.78 is 95.9. The summed E-state index contributed by atoms with van der Waals surface area (Å²) in [6.07, 6.45) is -2.35. The van der Waals surface area contributed by atoms with E-state index >= 15 is 0 Å². The molecule has 11 heteroatoms. The van der Waals surface area contributed by atoms with E-state index in [1.165, 1.54) is 30.3 Å². The van der Waals surface area contributed by atoms with E-state index in [1.54, 1.807) is 0 Å². The minimum absolute atomic E-state index is 0.00513. The zero-order chi connectivity index (χ0) is 32.7. The number of carbonyl (C=O) groups is 1. The number of rotatable bonds is 16. The Hall–Kier alpha value is -3.50. The highest BCUT2D eigenvalue weighted by atomic mass is 19.4. The van der Waals surface area contributed by atoms with Crippen LogP contribution in [0.1, 0.15) is 89.5 Å². The lowest BCUT2D eigenvalue weighted by molar-refractivity contribution is -0.284. The fraction of sp³-hybridized carbons (Fsp3) is 0.485. The Morgan fingerprint density at radius 1 is 0.727 bits per heavy atom. The Bertz CT molecular complexity index is 1410. The average Bonchev–Trinajstić information content (AvgIpc) is 2.94. The number of aliphatic carboxylic acids is 1. The minimum atomic E-state index is -5.82. The van der Waals surface area contributed by atoms with E-state index < -0.39 is 60.1 Å². The van der Waals surface area contributed by atoms with E-state index in [4.69, 9.17) is 0 Å². The maximum atomic E-state index is 14.5. The van der Waals surface area contributed by atoms with Gasteiger partial charge in [-0.3, -0.25) is 4.79 Å². The summed E-state index contributed by atoms with van der Waals surface area (Å²) in [7, 11) is 0. The van der Waals surface area contributed by atoms with Crippen molar-refractivity contribution in [3.8, 4) is 22.6 Å². The zero-order valence-corrected chi connectivity index (χ0v) is 24.4. The van der Waals surface area contributed by atoms with Crippen molar-refractivity contribution in [2.75, 3.05) is 0 Å². The summed E-state index contributed by atoms with van der Waals surface area (Å²) in [6.45, 7) is 2.08. The van der Waals surface area contributed by atoms with E-state index in [0.29, 0.717) is 18.2 Å². The molecule has 0 amide bonds. The molecule has 3 aromatic rings. The van der Waals surface area contributed by atoms with Gasteiger partial charge in [-0.2, -0.15) is 22.0 Å². The fourth-order valence-corrected chi connectivity index (χ4v) is 5.80. The van der Waals surface area contributed by atoms with Gasteiger partial charge in [-0.1, -0.05) is 76.5 Å². The number of benzene rings is 3. The van der Waals surface area contributed by atoms with Gasteiger partial charge in [0, 0.05) is 6.42 Å². The first kappa shape index (κ1) is 35.0. The van der Waals surface area contributed by atoms with Gasteiger partial charge < -0.3 is 15.3 Å². The summed E-state index contributed by atoms with van der Waals surface area (Å²) in [5, 5.41) is 31.0. The van der Waals surface area contributed by atoms with Crippen molar-refractivity contribution in [1.29, 1.82) is 0 Å². The van der Waals surface area contributed by atoms with Gasteiger partial charge in [0.2, 0.25) is 0 Å². The van der Waals surface area contributed by atoms with Gasteiger partial charge in [-0.15, -0.1) is 0 Å². The molecular formula is C33H37F7O4. The largest absolute Gasteiger partial charge is 0.508 e. The van der Waals surface area contributed by atoms with E-state index in [-0.39, 0.29) is 34.2 Å². The van der Waals surface area contributed by atoms with Crippen LogP contribution in [0.25, 0.3) is 21.9 Å². The molecule has 3 N–H and O–H groups in total. The van der Waals surface area contributed by atoms with Crippen molar-refractivity contribution >= 4 is 16.7 Å². The number of carboxylic acids is 1. The number of unbranched alkanes of at least 4 members (excludes halogenated alkanes) is 7. The summed E-state index contributed by atoms with van der Waals surface area (Å²) in [5.41, 5.74) is -2.22. The predicted octanol–water partition coefficient (Wildman–Crippen LogP) is 10.4. The van der Waals surface area contributed by atoms with Gasteiger partial charge in [0.15, 0.2) is 17.4 Å². The monoisotopic (exact) mass is 630 g/mol. The molecule has 242 valence electrons. The lowest BCUT2D eigenvalue weighted by Crippen LogP contribution is -2.39. The molecule has 0 bridgehead atoms. The SMILES string of the molecule is CCCCCCCCCCC(CCCC(F)(F)C(F)(F)F)(C(=O)O)c1c(-c2cc(F)c(O)c(F)c2)ccc2cc(O)ccc12. The lowest BCUT2D eigenvalue weighted by atomic mass is 9.68. The van der Waals surface area contributed by atoms with E-state index in [9.17, 15) is 50.8 Å². The van der Waals surface area contributed by atoms with Crippen molar-refractivity contribution in [3.05, 3.63) is 59.7 Å². The van der Waals surface area contributed by atoms with Gasteiger partial charge in [-0.25, -0.2) is 8.78 Å². The molecular weight excluding hydrogens is 593 g/mol. The number of aromatic hydroxyl groups is 2. The highest BCUT2D eigenvalue weighted by Gasteiger charge is 2.57. The van der Waals surface area contributed by atoms with Crippen molar-refractivity contribution < 1.29 is 50.8 Å². The second kappa shape index (κ2) is 14.5. The van der Waals surface area contributed by atoms with Crippen LogP contribution in [0.3, 0.4) is 0 Å². The van der Waals surface area contributed by atoms with Gasteiger partial charge in [0.1, 0.15) is 5.75 Å². The maximum absolute atomic E-state index is 14.5. The molecule has 0 radical (unpaired) electrons. The molecule has 0 spiro atoms. The van der Waals surface area contributed by atoms with E-state index in [1.807, 2.05) is 0 Å². The second-order valence-corrected chi connectivity index (χ2v) is 11.3. The van der Waals surface area contributed by atoms with Gasteiger partial charge in [-0.05, 0) is 71.0 Å². The van der Waals surface area contributed by atoms with Gasteiger partial charge in [0.05, 0.1) is 5.41 Å². The molecule has 0 saturated carbocycles. The Morgan fingerprint density at radius 3 is 1.86 bits per heavy atom. The lowest BCUT2D eigenvalue weighted by Gasteiger charge is -2.34. The summed E-state index contributed by atoms with van der Waals surface area (Å²) in [5.74, 6) is -10.6. The van der Waals surface area contributed by atoms with E-state index in [2.05, 4.69) is 6.92 Å². The molecule has 1 unspecified atom stereocenters. The third-order valence-electron chi connectivity index (χ3n) is 8.19. The molecule has 1 atom stereocenters. The number of phenolic OH excluding ortho intramolecular Hbond substituents is 2. The maximum Gasteiger partial charge on any atom is 0.453 e. The topological polar surface area (TPSA) is 77.8 Å². The molecule has 0 aliphatic rings. The van der Waals surface area contributed by atoms with Crippen LogP contribution < -0.4 is 0 Å². The number of hydrogen-bond acceptors (Lipinski definition) is 3. The molecule has 0 fully saturated rings. The molecule has 0 saturated heterocycles. The number of carboxylic acid groups (broad SMARTS) is 1. The van der Waals surface area contributed by atoms with Crippen LogP contribution in [0.4, 0.5) is 30.7 Å². The molecule has 4 nitrogen and oxygen atoms in total.